The highest BCUT2D eigenvalue weighted by Crippen LogP contribution is 2.28. The van der Waals surface area contributed by atoms with Crippen molar-refractivity contribution in [2.45, 2.75) is 19.8 Å². The highest BCUT2D eigenvalue weighted by molar-refractivity contribution is 6.42. The summed E-state index contributed by atoms with van der Waals surface area (Å²) in [5, 5.41) is 4.12. The van der Waals surface area contributed by atoms with Crippen molar-refractivity contribution in [3.8, 4) is 0 Å². The van der Waals surface area contributed by atoms with Crippen molar-refractivity contribution in [3.05, 3.63) is 58.1 Å². The number of likely N-dealkylation sites (N-methyl/N-ethyl adjacent to an activating group) is 1. The minimum atomic E-state index is -0.0225. The van der Waals surface area contributed by atoms with Crippen LogP contribution in [0.15, 0.2) is 42.5 Å². The molecule has 6 heteroatoms. The fourth-order valence-corrected chi connectivity index (χ4v) is 3.78. The van der Waals surface area contributed by atoms with Gasteiger partial charge in [-0.25, -0.2) is 0 Å². The quantitative estimate of drug-likeness (QED) is 0.755. The van der Waals surface area contributed by atoms with Crippen LogP contribution in [0.4, 0.5) is 11.4 Å². The number of hydrogen-bond donors (Lipinski definition) is 1. The smallest absolute Gasteiger partial charge is 0.224 e. The lowest BCUT2D eigenvalue weighted by molar-refractivity contribution is -0.116. The third-order valence-corrected chi connectivity index (χ3v) is 5.85. The SMILES string of the molecule is CCN1CCN(c2ccccc2NC(=O)CCc2cccc(Cl)c2Cl)CC1. The van der Waals surface area contributed by atoms with Gasteiger partial charge in [0.15, 0.2) is 0 Å². The summed E-state index contributed by atoms with van der Waals surface area (Å²) in [6, 6.07) is 13.5. The molecule has 0 bridgehead atoms. The van der Waals surface area contributed by atoms with Crippen LogP contribution in [0.5, 0.6) is 0 Å². The second kappa shape index (κ2) is 9.45. The zero-order valence-corrected chi connectivity index (χ0v) is 17.1. The number of hydrogen-bond acceptors (Lipinski definition) is 3. The van der Waals surface area contributed by atoms with Gasteiger partial charge in [0, 0.05) is 32.6 Å². The topological polar surface area (TPSA) is 35.6 Å². The largest absolute Gasteiger partial charge is 0.367 e. The summed E-state index contributed by atoms with van der Waals surface area (Å²) in [5.41, 5.74) is 2.84. The van der Waals surface area contributed by atoms with Crippen LogP contribution in [0.2, 0.25) is 10.0 Å². The number of nitrogens with one attached hydrogen (secondary N) is 1. The van der Waals surface area contributed by atoms with Gasteiger partial charge in [-0.1, -0.05) is 54.4 Å². The lowest BCUT2D eigenvalue weighted by Crippen LogP contribution is -2.46. The highest BCUT2D eigenvalue weighted by atomic mass is 35.5. The van der Waals surface area contributed by atoms with Crippen molar-refractivity contribution in [2.24, 2.45) is 0 Å². The van der Waals surface area contributed by atoms with E-state index in [0.29, 0.717) is 22.9 Å². The van der Waals surface area contributed by atoms with E-state index in [1.165, 1.54) is 0 Å². The van der Waals surface area contributed by atoms with Crippen LogP contribution >= 0.6 is 23.2 Å². The lowest BCUT2D eigenvalue weighted by atomic mass is 10.1. The monoisotopic (exact) mass is 405 g/mol. The summed E-state index contributed by atoms with van der Waals surface area (Å²) in [5.74, 6) is -0.0225. The first-order valence-corrected chi connectivity index (χ1v) is 10.1. The maximum Gasteiger partial charge on any atom is 0.224 e. The van der Waals surface area contributed by atoms with E-state index in [4.69, 9.17) is 23.2 Å². The van der Waals surface area contributed by atoms with E-state index in [0.717, 1.165) is 49.7 Å². The summed E-state index contributed by atoms with van der Waals surface area (Å²) < 4.78 is 0. The molecular weight excluding hydrogens is 381 g/mol. The molecule has 0 aliphatic carbocycles. The van der Waals surface area contributed by atoms with Gasteiger partial charge in [-0.15, -0.1) is 0 Å². The van der Waals surface area contributed by atoms with Gasteiger partial charge in [0.05, 0.1) is 21.4 Å². The molecule has 1 aliphatic rings. The molecule has 1 N–H and O–H groups in total. The summed E-state index contributed by atoms with van der Waals surface area (Å²) in [7, 11) is 0. The molecule has 1 heterocycles. The van der Waals surface area contributed by atoms with E-state index in [1.54, 1.807) is 6.07 Å². The number of anilines is 2. The number of carbonyl (C=O) groups excluding carboxylic acids is 1. The van der Waals surface area contributed by atoms with Crippen LogP contribution < -0.4 is 10.2 Å². The molecule has 1 amide bonds. The Morgan fingerprint density at radius 3 is 2.52 bits per heavy atom. The molecule has 0 aromatic heterocycles. The normalized spacial score (nSPS) is 15.0. The molecule has 1 aliphatic heterocycles. The Labute approximate surface area is 171 Å². The molecule has 27 heavy (non-hydrogen) atoms. The maximum atomic E-state index is 12.5. The molecule has 1 saturated heterocycles. The van der Waals surface area contributed by atoms with Gasteiger partial charge in [0.25, 0.3) is 0 Å². The molecule has 4 nitrogen and oxygen atoms in total. The standard InChI is InChI=1S/C21H25Cl2N3O/c1-2-25-12-14-26(15-13-25)19-9-4-3-8-18(19)24-20(27)11-10-16-6-5-7-17(22)21(16)23/h3-9H,2,10-15H2,1H3,(H,24,27). The van der Waals surface area contributed by atoms with Gasteiger partial charge in [-0.2, -0.15) is 0 Å². The minimum absolute atomic E-state index is 0.0225. The molecule has 1 fully saturated rings. The average molecular weight is 406 g/mol. The van der Waals surface area contributed by atoms with Crippen LogP contribution in [0.3, 0.4) is 0 Å². The predicted octanol–water partition coefficient (Wildman–Crippen LogP) is 4.71. The number of para-hydroxylation sites is 2. The van der Waals surface area contributed by atoms with Crippen molar-refractivity contribution >= 4 is 40.5 Å². The molecule has 0 atom stereocenters. The van der Waals surface area contributed by atoms with E-state index in [2.05, 4.69) is 28.1 Å². The number of nitrogens with zero attached hydrogens (tertiary/aromatic N) is 2. The molecular formula is C21H25Cl2N3O. The van der Waals surface area contributed by atoms with E-state index in [9.17, 15) is 4.79 Å². The third-order valence-electron chi connectivity index (χ3n) is 4.99. The fourth-order valence-electron chi connectivity index (χ4n) is 3.36. The number of halogens is 2. The van der Waals surface area contributed by atoms with Crippen LogP contribution in [0.1, 0.15) is 18.9 Å². The highest BCUT2D eigenvalue weighted by Gasteiger charge is 2.18. The third kappa shape index (κ3) is 5.16. The molecule has 2 aromatic carbocycles. The fraction of sp³-hybridized carbons (Fsp3) is 0.381. The number of carbonyl (C=O) groups is 1. The zero-order chi connectivity index (χ0) is 19.2. The first-order chi connectivity index (χ1) is 13.1. The molecule has 3 rings (SSSR count). The van der Waals surface area contributed by atoms with E-state index in [-0.39, 0.29) is 5.91 Å². The van der Waals surface area contributed by atoms with Crippen molar-refractivity contribution in [1.29, 1.82) is 0 Å². The average Bonchev–Trinajstić information content (AvgIpc) is 2.70. The Balaban J connectivity index is 1.62. The van der Waals surface area contributed by atoms with Crippen molar-refractivity contribution < 1.29 is 4.79 Å². The van der Waals surface area contributed by atoms with Crippen molar-refractivity contribution in [3.63, 3.8) is 0 Å². The van der Waals surface area contributed by atoms with E-state index in [1.807, 2.05) is 30.3 Å². The first kappa shape index (κ1) is 20.0. The van der Waals surface area contributed by atoms with Gasteiger partial charge in [-0.05, 0) is 36.7 Å². The maximum absolute atomic E-state index is 12.5. The molecule has 2 aromatic rings. The predicted molar refractivity (Wildman–Crippen MR) is 114 cm³/mol. The Hall–Kier alpha value is -1.75. The van der Waals surface area contributed by atoms with Gasteiger partial charge in [-0.3, -0.25) is 4.79 Å². The van der Waals surface area contributed by atoms with Crippen LogP contribution in [0, 0.1) is 0 Å². The molecule has 0 radical (unpaired) electrons. The van der Waals surface area contributed by atoms with E-state index < -0.39 is 0 Å². The zero-order valence-electron chi connectivity index (χ0n) is 15.5. The Morgan fingerprint density at radius 2 is 1.78 bits per heavy atom. The molecule has 0 spiro atoms. The number of rotatable bonds is 6. The summed E-state index contributed by atoms with van der Waals surface area (Å²) in [6.07, 6.45) is 0.917. The van der Waals surface area contributed by atoms with Crippen molar-refractivity contribution in [2.75, 3.05) is 42.9 Å². The summed E-state index contributed by atoms with van der Waals surface area (Å²) >= 11 is 12.3. The van der Waals surface area contributed by atoms with Gasteiger partial charge in [0.1, 0.15) is 0 Å². The number of benzene rings is 2. The number of piperazine rings is 1. The number of amides is 1. The van der Waals surface area contributed by atoms with Gasteiger partial charge in [0.2, 0.25) is 5.91 Å². The van der Waals surface area contributed by atoms with E-state index >= 15 is 0 Å². The van der Waals surface area contributed by atoms with Gasteiger partial charge < -0.3 is 15.1 Å². The lowest BCUT2D eigenvalue weighted by Gasteiger charge is -2.36. The Morgan fingerprint density at radius 1 is 1.04 bits per heavy atom. The van der Waals surface area contributed by atoms with Gasteiger partial charge >= 0.3 is 0 Å². The summed E-state index contributed by atoms with van der Waals surface area (Å²) in [4.78, 5) is 17.3. The Kier molecular flexibility index (Phi) is 7.00. The van der Waals surface area contributed by atoms with Crippen molar-refractivity contribution in [1.82, 2.24) is 4.90 Å². The Bertz CT molecular complexity index is 789. The second-order valence-electron chi connectivity index (χ2n) is 6.70. The molecule has 0 saturated carbocycles. The van der Waals surface area contributed by atoms with Crippen LogP contribution in [0.25, 0.3) is 0 Å². The minimum Gasteiger partial charge on any atom is -0.367 e. The van der Waals surface area contributed by atoms with Crippen LogP contribution in [-0.4, -0.2) is 43.5 Å². The summed E-state index contributed by atoms with van der Waals surface area (Å²) in [6.45, 7) is 7.31. The first-order valence-electron chi connectivity index (χ1n) is 9.37. The number of aryl methyl sites for hydroxylation is 1. The van der Waals surface area contributed by atoms with Crippen LogP contribution in [-0.2, 0) is 11.2 Å². The molecule has 0 unspecified atom stereocenters. The molecule has 144 valence electrons. The second-order valence-corrected chi connectivity index (χ2v) is 7.48.